The Morgan fingerprint density at radius 3 is 2.30 bits per heavy atom. The van der Waals surface area contributed by atoms with Crippen molar-refractivity contribution in [1.82, 2.24) is 44.3 Å². The smallest absolute Gasteiger partial charge is 0.238 e. The fraction of sp³-hybridized carbons (Fsp3) is 0.524. The van der Waals surface area contributed by atoms with E-state index in [0.29, 0.717) is 93.9 Å². The average Bonchev–Trinajstić information content (AvgIpc) is 4.35. The first-order valence-corrected chi connectivity index (χ1v) is 29.7. The average molecular weight is 1080 g/mol. The molecule has 5 amide bonds. The summed E-state index contributed by atoms with van der Waals surface area (Å²) in [5.41, 5.74) is 5.76. The van der Waals surface area contributed by atoms with Crippen LogP contribution in [0.1, 0.15) is 140 Å². The lowest BCUT2D eigenvalue weighted by molar-refractivity contribution is -0.150. The van der Waals surface area contributed by atoms with Crippen LogP contribution in [0.25, 0.3) is 33.2 Å². The van der Waals surface area contributed by atoms with Gasteiger partial charge >= 0.3 is 0 Å². The topological polar surface area (TPSA) is 171 Å². The van der Waals surface area contributed by atoms with Crippen LogP contribution in [0.15, 0.2) is 79.3 Å². The van der Waals surface area contributed by atoms with Crippen molar-refractivity contribution in [1.29, 1.82) is 0 Å². The van der Waals surface area contributed by atoms with E-state index < -0.39 is 10.8 Å². The summed E-state index contributed by atoms with van der Waals surface area (Å²) in [6.07, 6.45) is 16.2. The molecular formula is C63H74FN11O5. The maximum atomic E-state index is 15.4. The first-order valence-electron chi connectivity index (χ1n) is 29.7. The minimum atomic E-state index is -0.753. The molecule has 2 aliphatic carbocycles. The molecule has 2 saturated carbocycles. The Morgan fingerprint density at radius 2 is 1.56 bits per heavy atom. The van der Waals surface area contributed by atoms with Gasteiger partial charge in [-0.25, -0.2) is 14.4 Å². The number of imidazole rings is 1. The van der Waals surface area contributed by atoms with Gasteiger partial charge in [0.05, 0.1) is 40.1 Å². The minimum Gasteiger partial charge on any atom is -0.342 e. The lowest BCUT2D eigenvalue weighted by atomic mass is 9.72. The predicted molar refractivity (Wildman–Crippen MR) is 304 cm³/mol. The van der Waals surface area contributed by atoms with Gasteiger partial charge in [-0.05, 0) is 164 Å². The normalized spacial score (nSPS) is 25.1. The van der Waals surface area contributed by atoms with Crippen LogP contribution in [0.3, 0.4) is 0 Å². The number of rotatable bonds is 11. The van der Waals surface area contributed by atoms with Crippen molar-refractivity contribution in [3.63, 3.8) is 0 Å². The first-order chi connectivity index (χ1) is 38.7. The lowest BCUT2D eigenvalue weighted by Gasteiger charge is -2.48. The molecule has 0 radical (unpaired) electrons. The number of benzene rings is 3. The van der Waals surface area contributed by atoms with Crippen LogP contribution < -0.4 is 15.5 Å². The Bertz CT molecular complexity index is 3410. The highest BCUT2D eigenvalue weighted by Crippen LogP contribution is 2.53. The van der Waals surface area contributed by atoms with Crippen LogP contribution in [0.5, 0.6) is 0 Å². The molecule has 8 heterocycles. The molecule has 3 aromatic heterocycles. The molecule has 6 fully saturated rings. The number of pyridine rings is 1. The number of fused-ring (bicyclic) bond motifs is 4. The highest BCUT2D eigenvalue weighted by atomic mass is 19.1. The molecule has 0 unspecified atom stereocenters. The van der Waals surface area contributed by atoms with Crippen molar-refractivity contribution < 1.29 is 28.4 Å². The molecule has 1 atom stereocenters. The van der Waals surface area contributed by atoms with Crippen LogP contribution in [0, 0.1) is 23.1 Å². The van der Waals surface area contributed by atoms with Crippen molar-refractivity contribution in [3.05, 3.63) is 96.2 Å². The van der Waals surface area contributed by atoms with E-state index in [2.05, 4.69) is 59.4 Å². The molecule has 7 aliphatic rings. The number of halogens is 1. The molecule has 13 rings (SSSR count). The van der Waals surface area contributed by atoms with Crippen LogP contribution in [0.2, 0.25) is 0 Å². The molecular weight excluding hydrogens is 1010 g/mol. The van der Waals surface area contributed by atoms with Gasteiger partial charge in [-0.1, -0.05) is 43.7 Å². The van der Waals surface area contributed by atoms with Gasteiger partial charge in [0.2, 0.25) is 29.5 Å². The fourth-order valence-corrected chi connectivity index (χ4v) is 14.8. The van der Waals surface area contributed by atoms with Crippen LogP contribution in [-0.2, 0) is 35.9 Å². The first kappa shape index (κ1) is 52.4. The third-order valence-corrected chi connectivity index (χ3v) is 19.8. The molecule has 418 valence electrons. The standard InChI is InChI=1S/C63H74FN11O5/c1-39(2)74-38-65-53-35-52(67-57(56(53)74)66-51-10-6-5-9-49(51)64)43-15-18-48-54(32-43)75(46-33-45(34-46)70-25-7-4-8-26-70)61(80)63(48)23-29-72(30-24-63)60(79)62(3)21-27-71(28-22-62)59(78)41-13-11-40(12-14-41)36-73-37-44-31-42(16-19-50(44)69-73)47-17-20-55(76)68-58(47)77/h5-6,9-10,15-16,18-19,31-32,35,37-41,45-47H,4,7-8,11-14,17,20-30,33-34,36H2,1-3H3,(H,66,67)(H,68,76,77)/t40?,41?,45?,46?,47-/m1/s1. The number of nitrogens with one attached hydrogen (secondary N) is 2. The molecule has 80 heavy (non-hydrogen) atoms. The lowest BCUT2D eigenvalue weighted by Crippen LogP contribution is -2.59. The molecule has 17 heteroatoms. The number of hydrogen-bond acceptors (Lipinski definition) is 10. The maximum absolute atomic E-state index is 15.4. The van der Waals surface area contributed by atoms with E-state index >= 15 is 9.18 Å². The summed E-state index contributed by atoms with van der Waals surface area (Å²) >= 11 is 0. The summed E-state index contributed by atoms with van der Waals surface area (Å²) in [6.45, 7) is 11.3. The summed E-state index contributed by atoms with van der Waals surface area (Å²) in [5, 5.41) is 11.6. The number of amides is 5. The van der Waals surface area contributed by atoms with E-state index in [-0.39, 0.29) is 59.3 Å². The van der Waals surface area contributed by atoms with E-state index in [1.165, 1.54) is 25.3 Å². The van der Waals surface area contributed by atoms with Crippen LogP contribution in [-0.4, -0.2) is 120 Å². The number of carbonyl (C=O) groups is 5. The van der Waals surface area contributed by atoms with Gasteiger partial charge < -0.3 is 29.5 Å². The SMILES string of the molecule is CC(C)n1cnc2cc(-c3ccc4c(c3)N(C3CC(N5CCCCC5)C3)C(=O)C43CCN(C(=O)C4(C)CCN(C(=O)C5CCC(Cn6cc7cc([C@H]8CCC(=O)NC8=O)ccc7n6)CC5)CC4)CC3)nc(Nc3ccccc3F)c21. The highest BCUT2D eigenvalue weighted by molar-refractivity contribution is 6.10. The Hall–Kier alpha value is -7.01. The Balaban J connectivity index is 0.666. The molecule has 3 aromatic carbocycles. The molecule has 1 spiro atoms. The van der Waals surface area contributed by atoms with Crippen molar-refractivity contribution in [3.8, 4) is 11.3 Å². The largest absolute Gasteiger partial charge is 0.342 e. The predicted octanol–water partition coefficient (Wildman–Crippen LogP) is 9.79. The van der Waals surface area contributed by atoms with E-state index in [1.54, 1.807) is 18.2 Å². The van der Waals surface area contributed by atoms with Gasteiger partial charge in [-0.3, -0.25) is 34.0 Å². The van der Waals surface area contributed by atoms with Crippen molar-refractivity contribution >= 4 is 68.7 Å². The van der Waals surface area contributed by atoms with Crippen LogP contribution in [0.4, 0.5) is 21.6 Å². The Kier molecular flexibility index (Phi) is 13.6. The molecule has 4 saturated heterocycles. The zero-order chi connectivity index (χ0) is 55.0. The zero-order valence-corrected chi connectivity index (χ0v) is 46.5. The summed E-state index contributed by atoms with van der Waals surface area (Å²) in [6, 6.07) is 21.5. The number of likely N-dealkylation sites (tertiary alicyclic amines) is 3. The fourth-order valence-electron chi connectivity index (χ4n) is 14.8. The summed E-state index contributed by atoms with van der Waals surface area (Å²) in [5.74, 6) is 0.198. The van der Waals surface area contributed by atoms with Gasteiger partial charge in [-0.2, -0.15) is 5.10 Å². The number of para-hydroxylation sites is 1. The van der Waals surface area contributed by atoms with Gasteiger partial charge in [0.1, 0.15) is 11.3 Å². The Labute approximate surface area is 466 Å². The summed E-state index contributed by atoms with van der Waals surface area (Å²) < 4.78 is 19.2. The molecule has 16 nitrogen and oxygen atoms in total. The second-order valence-electron chi connectivity index (χ2n) is 25.0. The van der Waals surface area contributed by atoms with E-state index in [1.807, 2.05) is 55.8 Å². The highest BCUT2D eigenvalue weighted by Gasteiger charge is 2.57. The zero-order valence-electron chi connectivity index (χ0n) is 46.5. The quantitative estimate of drug-likeness (QED) is 0.119. The monoisotopic (exact) mass is 1080 g/mol. The molecule has 6 aromatic rings. The van der Waals surface area contributed by atoms with Crippen molar-refractivity contribution in [2.45, 2.75) is 153 Å². The number of piperidine rings is 4. The Morgan fingerprint density at radius 1 is 0.812 bits per heavy atom. The number of anilines is 3. The number of imide groups is 1. The third-order valence-electron chi connectivity index (χ3n) is 19.8. The summed E-state index contributed by atoms with van der Waals surface area (Å²) in [7, 11) is 0. The van der Waals surface area contributed by atoms with Gasteiger partial charge in [0, 0.05) is 91.4 Å². The third kappa shape index (κ3) is 9.43. The number of aromatic nitrogens is 5. The minimum absolute atomic E-state index is 0.0232. The van der Waals surface area contributed by atoms with E-state index in [9.17, 15) is 19.2 Å². The van der Waals surface area contributed by atoms with Gasteiger partial charge in [-0.15, -0.1) is 0 Å². The number of hydrogen-bond donors (Lipinski definition) is 2. The van der Waals surface area contributed by atoms with E-state index in [4.69, 9.17) is 15.1 Å². The number of carbonyl (C=O) groups excluding carboxylic acids is 5. The van der Waals surface area contributed by atoms with E-state index in [0.717, 1.165) is 102 Å². The van der Waals surface area contributed by atoms with Gasteiger partial charge in [0.15, 0.2) is 5.82 Å². The van der Waals surface area contributed by atoms with Crippen LogP contribution >= 0.6 is 0 Å². The second kappa shape index (κ2) is 20.8. The molecule has 0 bridgehead atoms. The molecule has 2 N–H and O–H groups in total. The molecule has 5 aliphatic heterocycles. The van der Waals surface area contributed by atoms with Gasteiger partial charge in [0.25, 0.3) is 0 Å². The maximum Gasteiger partial charge on any atom is 0.238 e. The van der Waals surface area contributed by atoms with Crippen molar-refractivity contribution in [2.75, 3.05) is 49.5 Å². The van der Waals surface area contributed by atoms with Crippen molar-refractivity contribution in [2.24, 2.45) is 17.3 Å². The number of nitrogens with zero attached hydrogens (tertiary/aromatic N) is 9. The summed E-state index contributed by atoms with van der Waals surface area (Å²) in [4.78, 5) is 87.1. The second-order valence-corrected chi connectivity index (χ2v) is 25.0.